The fraction of sp³-hybridized carbons (Fsp3) is 0.231. The van der Waals surface area contributed by atoms with Gasteiger partial charge >= 0.3 is 0 Å². The first-order valence-electron chi connectivity index (χ1n) is 5.38. The Kier molecular flexibility index (Phi) is 5.20. The second kappa shape index (κ2) is 6.66. The number of halogens is 1. The molecule has 0 bridgehead atoms. The zero-order chi connectivity index (χ0) is 13.5. The van der Waals surface area contributed by atoms with Gasteiger partial charge in [0.2, 0.25) is 0 Å². The monoisotopic (exact) mass is 251 g/mol. The van der Waals surface area contributed by atoms with E-state index in [2.05, 4.69) is 13.2 Å². The van der Waals surface area contributed by atoms with Crippen molar-refractivity contribution in [2.75, 3.05) is 6.61 Å². The van der Waals surface area contributed by atoms with Crippen LogP contribution in [0.3, 0.4) is 0 Å². The van der Waals surface area contributed by atoms with Gasteiger partial charge in [0.15, 0.2) is 0 Å². The third-order valence-electron chi connectivity index (χ3n) is 2.34. The molecule has 0 aliphatic rings. The van der Waals surface area contributed by atoms with Crippen molar-refractivity contribution in [2.45, 2.75) is 12.5 Å². The van der Waals surface area contributed by atoms with Gasteiger partial charge in [-0.3, -0.25) is 10.1 Å². The Morgan fingerprint density at radius 1 is 1.44 bits per heavy atom. The average molecular weight is 251 g/mol. The van der Waals surface area contributed by atoms with E-state index in [-0.39, 0.29) is 24.3 Å². The van der Waals surface area contributed by atoms with Gasteiger partial charge in [0, 0.05) is 6.07 Å². The molecule has 1 atom stereocenters. The van der Waals surface area contributed by atoms with Crippen LogP contribution in [0.2, 0.25) is 0 Å². The lowest BCUT2D eigenvalue weighted by molar-refractivity contribution is -0.386. The number of nitrogens with zero attached hydrogens (tertiary/aromatic N) is 1. The standard InChI is InChI=1S/C13H14FNO3/c1-3-6-12(18-9-4-2)13-10(14)7-5-8-11(13)15(16)17/h3-5,7-8,12H,1-2,6,9H2. The molecule has 0 spiro atoms. The Balaban J connectivity index is 3.19. The van der Waals surface area contributed by atoms with Gasteiger partial charge in [0.1, 0.15) is 5.82 Å². The van der Waals surface area contributed by atoms with Crippen molar-refractivity contribution in [3.63, 3.8) is 0 Å². The first kappa shape index (κ1) is 14.1. The second-order valence-electron chi connectivity index (χ2n) is 3.56. The number of ether oxygens (including phenoxy) is 1. The highest BCUT2D eigenvalue weighted by molar-refractivity contribution is 5.42. The van der Waals surface area contributed by atoms with Gasteiger partial charge in [0.25, 0.3) is 5.69 Å². The summed E-state index contributed by atoms with van der Waals surface area (Å²) in [6, 6.07) is 3.73. The minimum absolute atomic E-state index is 0.0516. The topological polar surface area (TPSA) is 52.4 Å². The maximum atomic E-state index is 13.8. The Bertz CT molecular complexity index is 460. The van der Waals surface area contributed by atoms with Gasteiger partial charge in [0.05, 0.1) is 23.2 Å². The van der Waals surface area contributed by atoms with Crippen LogP contribution in [-0.2, 0) is 4.74 Å². The molecule has 96 valence electrons. The smallest absolute Gasteiger partial charge is 0.278 e. The van der Waals surface area contributed by atoms with Gasteiger partial charge in [-0.25, -0.2) is 4.39 Å². The maximum Gasteiger partial charge on any atom is 0.278 e. The number of rotatable bonds is 7. The summed E-state index contributed by atoms with van der Waals surface area (Å²) >= 11 is 0. The van der Waals surface area contributed by atoms with Crippen LogP contribution >= 0.6 is 0 Å². The molecule has 1 aromatic carbocycles. The zero-order valence-electron chi connectivity index (χ0n) is 9.84. The average Bonchev–Trinajstić information content (AvgIpc) is 2.34. The summed E-state index contributed by atoms with van der Waals surface area (Å²) in [7, 11) is 0. The van der Waals surface area contributed by atoms with E-state index in [1.54, 1.807) is 0 Å². The van der Waals surface area contributed by atoms with E-state index in [0.717, 1.165) is 0 Å². The van der Waals surface area contributed by atoms with Crippen molar-refractivity contribution in [1.29, 1.82) is 0 Å². The molecule has 1 rings (SSSR count). The maximum absolute atomic E-state index is 13.8. The van der Waals surface area contributed by atoms with Crippen LogP contribution in [0.5, 0.6) is 0 Å². The molecule has 1 unspecified atom stereocenters. The molecular weight excluding hydrogens is 237 g/mol. The Labute approximate surface area is 105 Å². The van der Waals surface area contributed by atoms with Crippen molar-refractivity contribution >= 4 is 5.69 Å². The second-order valence-corrected chi connectivity index (χ2v) is 3.56. The highest BCUT2D eigenvalue weighted by Crippen LogP contribution is 2.32. The van der Waals surface area contributed by atoms with Gasteiger partial charge in [-0.05, 0) is 12.5 Å². The van der Waals surface area contributed by atoms with Crippen LogP contribution in [-0.4, -0.2) is 11.5 Å². The SMILES string of the molecule is C=CCOC(CC=C)c1c(F)cccc1[N+](=O)[O-]. The molecule has 4 nitrogen and oxygen atoms in total. The third kappa shape index (κ3) is 3.24. The number of hydrogen-bond acceptors (Lipinski definition) is 3. The zero-order valence-corrected chi connectivity index (χ0v) is 9.84. The minimum Gasteiger partial charge on any atom is -0.369 e. The number of nitro groups is 1. The van der Waals surface area contributed by atoms with Gasteiger partial charge in [-0.2, -0.15) is 0 Å². The van der Waals surface area contributed by atoms with Crippen molar-refractivity contribution in [3.05, 3.63) is 65.0 Å². The van der Waals surface area contributed by atoms with E-state index in [9.17, 15) is 14.5 Å². The van der Waals surface area contributed by atoms with E-state index < -0.39 is 16.8 Å². The van der Waals surface area contributed by atoms with Gasteiger partial charge < -0.3 is 4.74 Å². The van der Waals surface area contributed by atoms with E-state index in [4.69, 9.17) is 4.74 Å². The molecule has 0 N–H and O–H groups in total. The summed E-state index contributed by atoms with van der Waals surface area (Å²) in [4.78, 5) is 10.3. The molecule has 0 aliphatic heterocycles. The summed E-state index contributed by atoms with van der Waals surface area (Å²) in [5.74, 6) is -0.653. The Morgan fingerprint density at radius 2 is 2.17 bits per heavy atom. The van der Waals surface area contributed by atoms with Gasteiger partial charge in [-0.1, -0.05) is 18.2 Å². The lowest BCUT2D eigenvalue weighted by Crippen LogP contribution is -2.09. The summed E-state index contributed by atoms with van der Waals surface area (Å²) < 4.78 is 19.1. The largest absolute Gasteiger partial charge is 0.369 e. The Hall–Kier alpha value is -2.01. The molecular formula is C13H14FNO3. The summed E-state index contributed by atoms with van der Waals surface area (Å²) in [5.41, 5.74) is -0.338. The van der Waals surface area contributed by atoms with Crippen LogP contribution in [0.25, 0.3) is 0 Å². The van der Waals surface area contributed by atoms with E-state index >= 15 is 0 Å². The summed E-state index contributed by atoms with van der Waals surface area (Å²) in [6.07, 6.45) is 2.59. The van der Waals surface area contributed by atoms with Crippen molar-refractivity contribution in [3.8, 4) is 0 Å². The number of benzene rings is 1. The molecule has 5 heteroatoms. The molecule has 0 radical (unpaired) electrons. The molecule has 0 aliphatic carbocycles. The fourth-order valence-corrected chi connectivity index (χ4v) is 1.61. The lowest BCUT2D eigenvalue weighted by atomic mass is 10.0. The molecule has 18 heavy (non-hydrogen) atoms. The molecule has 0 saturated carbocycles. The van der Waals surface area contributed by atoms with Crippen molar-refractivity contribution in [2.24, 2.45) is 0 Å². The first-order valence-corrected chi connectivity index (χ1v) is 5.38. The summed E-state index contributed by atoms with van der Waals surface area (Å²) in [5, 5.41) is 10.9. The molecule has 0 heterocycles. The minimum atomic E-state index is -0.734. The van der Waals surface area contributed by atoms with E-state index in [0.29, 0.717) is 0 Å². The van der Waals surface area contributed by atoms with E-state index in [1.165, 1.54) is 30.4 Å². The predicted molar refractivity (Wildman–Crippen MR) is 66.8 cm³/mol. The summed E-state index contributed by atoms with van der Waals surface area (Å²) in [6.45, 7) is 7.21. The first-order chi connectivity index (χ1) is 8.61. The number of hydrogen-bond donors (Lipinski definition) is 0. The molecule has 0 fully saturated rings. The van der Waals surface area contributed by atoms with Gasteiger partial charge in [-0.15, -0.1) is 13.2 Å². The lowest BCUT2D eigenvalue weighted by Gasteiger charge is -2.16. The van der Waals surface area contributed by atoms with Crippen LogP contribution in [0.4, 0.5) is 10.1 Å². The van der Waals surface area contributed by atoms with Crippen molar-refractivity contribution < 1.29 is 14.1 Å². The van der Waals surface area contributed by atoms with Crippen LogP contribution in [0.15, 0.2) is 43.5 Å². The molecule has 1 aromatic rings. The van der Waals surface area contributed by atoms with Crippen LogP contribution in [0, 0.1) is 15.9 Å². The van der Waals surface area contributed by atoms with Crippen LogP contribution < -0.4 is 0 Å². The fourth-order valence-electron chi connectivity index (χ4n) is 1.61. The van der Waals surface area contributed by atoms with Crippen molar-refractivity contribution in [1.82, 2.24) is 0 Å². The predicted octanol–water partition coefficient (Wildman–Crippen LogP) is 3.55. The highest BCUT2D eigenvalue weighted by atomic mass is 19.1. The number of nitro benzene ring substituents is 1. The normalized spacial score (nSPS) is 11.8. The molecule has 0 saturated heterocycles. The molecule has 0 aromatic heterocycles. The molecule has 0 amide bonds. The Morgan fingerprint density at radius 3 is 2.72 bits per heavy atom. The third-order valence-corrected chi connectivity index (χ3v) is 2.34. The van der Waals surface area contributed by atoms with E-state index in [1.807, 2.05) is 0 Å². The van der Waals surface area contributed by atoms with Crippen LogP contribution in [0.1, 0.15) is 18.1 Å². The highest BCUT2D eigenvalue weighted by Gasteiger charge is 2.25. The quantitative estimate of drug-likeness (QED) is 0.423.